The molecule has 0 spiro atoms. The van der Waals surface area contributed by atoms with Crippen molar-refractivity contribution in [3.8, 4) is 0 Å². The number of hydrogen-bond acceptors (Lipinski definition) is 2. The minimum absolute atomic E-state index is 0.108. The summed E-state index contributed by atoms with van der Waals surface area (Å²) in [6, 6.07) is 7.10. The van der Waals surface area contributed by atoms with E-state index in [2.05, 4.69) is 6.92 Å². The second-order valence-electron chi connectivity index (χ2n) is 7.49. The molecule has 1 fully saturated rings. The Bertz CT molecular complexity index is 938. The lowest BCUT2D eigenvalue weighted by molar-refractivity contribution is 0.0729. The van der Waals surface area contributed by atoms with Crippen molar-refractivity contribution in [2.24, 2.45) is 11.8 Å². The van der Waals surface area contributed by atoms with Crippen LogP contribution in [0.2, 0.25) is 0 Å². The van der Waals surface area contributed by atoms with E-state index in [1.807, 2.05) is 12.1 Å². The van der Waals surface area contributed by atoms with Gasteiger partial charge in [-0.1, -0.05) is 44.0 Å². The van der Waals surface area contributed by atoms with Crippen LogP contribution in [0.15, 0.2) is 24.3 Å². The Hall–Kier alpha value is -1.52. The first-order chi connectivity index (χ1) is 12.0. The quantitative estimate of drug-likeness (QED) is 0.553. The Morgan fingerprint density at radius 3 is 2.24 bits per heavy atom. The molecule has 4 rings (SSSR count). The number of halogens is 2. The standard InChI is InChI=1S/C21H22F2OS/c1-11-3-6-13(7-4-11)19(24)16-10-9-15-14-8-5-12(2)17(22)20(14)25-21(15)18(16)23/h5,8-11,13,19,24H,3-4,6-7H2,1-2H3. The smallest absolute Gasteiger partial charge is 0.146 e. The predicted molar refractivity (Wildman–Crippen MR) is 100 cm³/mol. The van der Waals surface area contributed by atoms with Gasteiger partial charge in [-0.05, 0) is 37.2 Å². The fourth-order valence-electron chi connectivity index (χ4n) is 4.04. The topological polar surface area (TPSA) is 20.2 Å². The number of fused-ring (bicyclic) bond motifs is 3. The molecular weight excluding hydrogens is 338 g/mol. The molecule has 3 aromatic rings. The summed E-state index contributed by atoms with van der Waals surface area (Å²) in [5.41, 5.74) is 0.923. The highest BCUT2D eigenvalue weighted by Crippen LogP contribution is 2.42. The normalized spacial score (nSPS) is 22.6. The number of aliphatic hydroxyl groups is 1. The molecule has 1 aliphatic rings. The molecule has 4 heteroatoms. The summed E-state index contributed by atoms with van der Waals surface area (Å²) >= 11 is 1.15. The third-order valence-corrected chi connectivity index (χ3v) is 6.94. The summed E-state index contributed by atoms with van der Waals surface area (Å²) in [5.74, 6) is 0.129. The Labute approximate surface area is 150 Å². The Kier molecular flexibility index (Phi) is 4.28. The Balaban J connectivity index is 1.80. The van der Waals surface area contributed by atoms with Crippen molar-refractivity contribution in [3.63, 3.8) is 0 Å². The van der Waals surface area contributed by atoms with Gasteiger partial charge in [0.25, 0.3) is 0 Å². The largest absolute Gasteiger partial charge is 0.388 e. The van der Waals surface area contributed by atoms with Gasteiger partial charge in [-0.2, -0.15) is 0 Å². The molecule has 0 bridgehead atoms. The summed E-state index contributed by atoms with van der Waals surface area (Å²) in [5, 5.41) is 12.2. The minimum Gasteiger partial charge on any atom is -0.388 e. The zero-order chi connectivity index (χ0) is 17.7. The van der Waals surface area contributed by atoms with E-state index in [1.165, 1.54) is 0 Å². The maximum atomic E-state index is 15.1. The monoisotopic (exact) mass is 360 g/mol. The van der Waals surface area contributed by atoms with Crippen LogP contribution in [0, 0.1) is 30.4 Å². The van der Waals surface area contributed by atoms with Gasteiger partial charge in [0.15, 0.2) is 0 Å². The molecule has 132 valence electrons. The van der Waals surface area contributed by atoms with E-state index in [0.29, 0.717) is 26.4 Å². The zero-order valence-corrected chi connectivity index (χ0v) is 15.3. The molecule has 0 aliphatic heterocycles. The van der Waals surface area contributed by atoms with Gasteiger partial charge in [-0.3, -0.25) is 0 Å². The van der Waals surface area contributed by atoms with Crippen LogP contribution in [-0.4, -0.2) is 5.11 Å². The van der Waals surface area contributed by atoms with Crippen LogP contribution in [0.1, 0.15) is 49.8 Å². The molecule has 1 nitrogen and oxygen atoms in total. The van der Waals surface area contributed by atoms with Gasteiger partial charge in [0.2, 0.25) is 0 Å². The molecule has 1 heterocycles. The average molecular weight is 360 g/mol. The van der Waals surface area contributed by atoms with Gasteiger partial charge < -0.3 is 5.11 Å². The summed E-state index contributed by atoms with van der Waals surface area (Å²) in [4.78, 5) is 0. The second-order valence-corrected chi connectivity index (χ2v) is 8.51. The third-order valence-electron chi connectivity index (χ3n) is 5.74. The lowest BCUT2D eigenvalue weighted by Gasteiger charge is -2.30. The van der Waals surface area contributed by atoms with Crippen LogP contribution in [0.3, 0.4) is 0 Å². The molecule has 1 aromatic heterocycles. The minimum atomic E-state index is -0.784. The van der Waals surface area contributed by atoms with Crippen LogP contribution in [0.25, 0.3) is 20.2 Å². The second kappa shape index (κ2) is 6.33. The maximum Gasteiger partial charge on any atom is 0.146 e. The van der Waals surface area contributed by atoms with Gasteiger partial charge in [0.05, 0.1) is 15.5 Å². The van der Waals surface area contributed by atoms with Crippen LogP contribution in [0.5, 0.6) is 0 Å². The summed E-state index contributed by atoms with van der Waals surface area (Å²) in [7, 11) is 0. The first kappa shape index (κ1) is 16.9. The lowest BCUT2D eigenvalue weighted by Crippen LogP contribution is -2.20. The molecule has 1 unspecified atom stereocenters. The van der Waals surface area contributed by atoms with Gasteiger partial charge in [0.1, 0.15) is 11.6 Å². The van der Waals surface area contributed by atoms with Crippen molar-refractivity contribution < 1.29 is 13.9 Å². The molecule has 0 amide bonds. The lowest BCUT2D eigenvalue weighted by atomic mass is 9.78. The molecule has 1 saturated carbocycles. The molecule has 1 atom stereocenters. The highest BCUT2D eigenvalue weighted by molar-refractivity contribution is 7.25. The number of thiophene rings is 1. The average Bonchev–Trinajstić information content (AvgIpc) is 2.99. The van der Waals surface area contributed by atoms with Crippen molar-refractivity contribution >= 4 is 31.5 Å². The van der Waals surface area contributed by atoms with E-state index in [1.54, 1.807) is 19.1 Å². The van der Waals surface area contributed by atoms with E-state index in [0.717, 1.165) is 47.8 Å². The van der Waals surface area contributed by atoms with Gasteiger partial charge in [-0.25, -0.2) is 8.78 Å². The number of hydrogen-bond donors (Lipinski definition) is 1. The Morgan fingerprint density at radius 2 is 1.56 bits per heavy atom. The van der Waals surface area contributed by atoms with Gasteiger partial charge in [-0.15, -0.1) is 11.3 Å². The fraction of sp³-hybridized carbons (Fsp3) is 0.429. The summed E-state index contributed by atoms with van der Waals surface area (Å²) < 4.78 is 30.5. The van der Waals surface area contributed by atoms with Gasteiger partial charge in [0, 0.05) is 16.3 Å². The molecular formula is C21H22F2OS. The molecule has 1 aliphatic carbocycles. The van der Waals surface area contributed by atoms with E-state index < -0.39 is 6.10 Å². The zero-order valence-electron chi connectivity index (χ0n) is 14.5. The molecule has 2 aromatic carbocycles. The summed E-state index contributed by atoms with van der Waals surface area (Å²) in [6.07, 6.45) is 3.24. The van der Waals surface area contributed by atoms with E-state index in [-0.39, 0.29) is 17.6 Å². The number of benzene rings is 2. The van der Waals surface area contributed by atoms with Crippen LogP contribution in [-0.2, 0) is 0 Å². The molecule has 0 saturated heterocycles. The SMILES string of the molecule is Cc1ccc2c(sc3c(F)c(C(O)C4CCC(C)CC4)ccc32)c1F. The number of aliphatic hydroxyl groups excluding tert-OH is 1. The van der Waals surface area contributed by atoms with Crippen molar-refractivity contribution in [3.05, 3.63) is 47.0 Å². The van der Waals surface area contributed by atoms with E-state index in [9.17, 15) is 9.50 Å². The van der Waals surface area contributed by atoms with Crippen molar-refractivity contribution in [2.75, 3.05) is 0 Å². The molecule has 25 heavy (non-hydrogen) atoms. The number of rotatable bonds is 2. The van der Waals surface area contributed by atoms with Crippen molar-refractivity contribution in [2.45, 2.75) is 45.6 Å². The van der Waals surface area contributed by atoms with Gasteiger partial charge >= 0.3 is 0 Å². The Morgan fingerprint density at radius 1 is 0.960 bits per heavy atom. The highest BCUT2D eigenvalue weighted by Gasteiger charge is 2.28. The molecule has 1 N–H and O–H groups in total. The number of aryl methyl sites for hydroxylation is 1. The molecule has 0 radical (unpaired) electrons. The first-order valence-corrected chi connectivity index (χ1v) is 9.76. The van der Waals surface area contributed by atoms with Crippen LogP contribution < -0.4 is 0 Å². The van der Waals surface area contributed by atoms with Crippen LogP contribution in [0.4, 0.5) is 8.78 Å². The first-order valence-electron chi connectivity index (χ1n) is 8.95. The van der Waals surface area contributed by atoms with Crippen LogP contribution >= 0.6 is 11.3 Å². The fourth-order valence-corrected chi connectivity index (χ4v) is 5.27. The maximum absolute atomic E-state index is 15.1. The van der Waals surface area contributed by atoms with E-state index >= 15 is 4.39 Å². The van der Waals surface area contributed by atoms with Crippen molar-refractivity contribution in [1.29, 1.82) is 0 Å². The van der Waals surface area contributed by atoms with E-state index in [4.69, 9.17) is 0 Å². The predicted octanol–water partition coefficient (Wildman–Crippen LogP) is 6.50. The third kappa shape index (κ3) is 2.76. The summed E-state index contributed by atoms with van der Waals surface area (Å²) in [6.45, 7) is 3.94. The van der Waals surface area contributed by atoms with Crippen molar-refractivity contribution in [1.82, 2.24) is 0 Å². The highest BCUT2D eigenvalue weighted by atomic mass is 32.1.